The second-order valence-corrected chi connectivity index (χ2v) is 8.21. The molecule has 134 valence electrons. The van der Waals surface area contributed by atoms with E-state index < -0.39 is 0 Å². The molecular formula is C22H32N3+. The van der Waals surface area contributed by atoms with Crippen LogP contribution in [0.4, 0.5) is 0 Å². The van der Waals surface area contributed by atoms with E-state index in [1.807, 2.05) is 0 Å². The van der Waals surface area contributed by atoms with Crippen molar-refractivity contribution in [2.45, 2.75) is 19.3 Å². The van der Waals surface area contributed by atoms with Crippen molar-refractivity contribution in [2.75, 3.05) is 40.8 Å². The molecule has 1 aromatic heterocycles. The van der Waals surface area contributed by atoms with Crippen LogP contribution in [-0.4, -0.2) is 54.7 Å². The molecule has 1 aliphatic rings. The normalized spacial score (nSPS) is 15.0. The fourth-order valence-corrected chi connectivity index (χ4v) is 3.52. The van der Waals surface area contributed by atoms with E-state index in [1.165, 1.54) is 35.1 Å². The van der Waals surface area contributed by atoms with E-state index in [0.717, 1.165) is 30.4 Å². The number of quaternary nitrogens is 1. The molecule has 25 heavy (non-hydrogen) atoms. The first-order valence-electron chi connectivity index (χ1n) is 9.37. The Morgan fingerprint density at radius 2 is 1.88 bits per heavy atom. The van der Waals surface area contributed by atoms with Gasteiger partial charge in [-0.1, -0.05) is 24.3 Å². The van der Waals surface area contributed by atoms with Gasteiger partial charge in [-0.25, -0.2) is 0 Å². The third kappa shape index (κ3) is 4.76. The molecule has 0 radical (unpaired) electrons. The van der Waals surface area contributed by atoms with Gasteiger partial charge in [-0.15, -0.1) is 0 Å². The highest BCUT2D eigenvalue weighted by molar-refractivity contribution is 5.81. The number of benzene rings is 1. The number of aryl methyl sites for hydroxylation is 2. The molecule has 0 aliphatic carbocycles. The SMILES string of the molecule is Cn1c(CCC2=CCN(CCC[N+](C)(C)C)C=C2)cc2ccccc21. The summed E-state index contributed by atoms with van der Waals surface area (Å²) in [6.45, 7) is 3.43. The lowest BCUT2D eigenvalue weighted by molar-refractivity contribution is -0.870. The van der Waals surface area contributed by atoms with E-state index in [2.05, 4.69) is 86.3 Å². The van der Waals surface area contributed by atoms with Crippen LogP contribution in [-0.2, 0) is 13.5 Å². The fraction of sp³-hybridized carbons (Fsp3) is 0.455. The summed E-state index contributed by atoms with van der Waals surface area (Å²) < 4.78 is 3.38. The first kappa shape index (κ1) is 17.8. The quantitative estimate of drug-likeness (QED) is 0.694. The predicted octanol–water partition coefficient (Wildman–Crippen LogP) is 3.96. The molecule has 1 aromatic carbocycles. The van der Waals surface area contributed by atoms with E-state index in [4.69, 9.17) is 0 Å². The monoisotopic (exact) mass is 338 g/mol. The molecule has 0 fully saturated rings. The minimum Gasteiger partial charge on any atom is -0.373 e. The highest BCUT2D eigenvalue weighted by atomic mass is 15.3. The minimum absolute atomic E-state index is 1.05. The lowest BCUT2D eigenvalue weighted by Crippen LogP contribution is -2.37. The summed E-state index contributed by atoms with van der Waals surface area (Å²) in [5.41, 5.74) is 4.21. The molecule has 2 aromatic rings. The van der Waals surface area contributed by atoms with Gasteiger partial charge in [-0.05, 0) is 48.2 Å². The third-order valence-electron chi connectivity index (χ3n) is 5.08. The first-order valence-corrected chi connectivity index (χ1v) is 9.37. The average molecular weight is 339 g/mol. The maximum atomic E-state index is 2.43. The maximum absolute atomic E-state index is 2.43. The molecule has 0 unspecified atom stereocenters. The van der Waals surface area contributed by atoms with Crippen LogP contribution in [0.2, 0.25) is 0 Å². The van der Waals surface area contributed by atoms with Gasteiger partial charge >= 0.3 is 0 Å². The van der Waals surface area contributed by atoms with Crippen molar-refractivity contribution < 1.29 is 4.48 Å². The number of allylic oxidation sites excluding steroid dienone is 2. The van der Waals surface area contributed by atoms with Crippen molar-refractivity contribution >= 4 is 10.9 Å². The molecule has 0 bridgehead atoms. The predicted molar refractivity (Wildman–Crippen MR) is 108 cm³/mol. The smallest absolute Gasteiger partial charge is 0.0797 e. The van der Waals surface area contributed by atoms with Crippen LogP contribution in [0.25, 0.3) is 10.9 Å². The molecule has 0 saturated carbocycles. The van der Waals surface area contributed by atoms with Gasteiger partial charge in [-0.3, -0.25) is 0 Å². The lowest BCUT2D eigenvalue weighted by atomic mass is 10.1. The third-order valence-corrected chi connectivity index (χ3v) is 5.08. The summed E-state index contributed by atoms with van der Waals surface area (Å²) in [4.78, 5) is 2.43. The number of rotatable bonds is 7. The Bertz CT molecular complexity index is 774. The van der Waals surface area contributed by atoms with Crippen LogP contribution in [0.1, 0.15) is 18.5 Å². The van der Waals surface area contributed by atoms with Gasteiger partial charge in [-0.2, -0.15) is 0 Å². The Balaban J connectivity index is 1.50. The van der Waals surface area contributed by atoms with Crippen LogP contribution in [0, 0.1) is 0 Å². The zero-order chi connectivity index (χ0) is 17.9. The summed E-state index contributed by atoms with van der Waals surface area (Å²) >= 11 is 0. The minimum atomic E-state index is 1.05. The molecule has 1 aliphatic heterocycles. The van der Waals surface area contributed by atoms with Crippen molar-refractivity contribution in [3.8, 4) is 0 Å². The zero-order valence-corrected chi connectivity index (χ0v) is 16.2. The highest BCUT2D eigenvalue weighted by Gasteiger charge is 2.10. The summed E-state index contributed by atoms with van der Waals surface area (Å²) in [6.07, 6.45) is 10.4. The summed E-state index contributed by atoms with van der Waals surface area (Å²) in [5.74, 6) is 0. The molecule has 3 rings (SSSR count). The number of aromatic nitrogens is 1. The van der Waals surface area contributed by atoms with Gasteiger partial charge in [0.1, 0.15) is 0 Å². The van der Waals surface area contributed by atoms with Crippen molar-refractivity contribution in [3.05, 3.63) is 60.0 Å². The molecule has 0 N–H and O–H groups in total. The lowest BCUT2D eigenvalue weighted by Gasteiger charge is -2.27. The molecule has 0 saturated heterocycles. The van der Waals surface area contributed by atoms with E-state index in [9.17, 15) is 0 Å². The van der Waals surface area contributed by atoms with Crippen LogP contribution >= 0.6 is 0 Å². The molecule has 0 atom stereocenters. The second-order valence-electron chi connectivity index (χ2n) is 8.21. The van der Waals surface area contributed by atoms with Crippen molar-refractivity contribution in [3.63, 3.8) is 0 Å². The Morgan fingerprint density at radius 3 is 2.56 bits per heavy atom. The van der Waals surface area contributed by atoms with Gasteiger partial charge < -0.3 is 14.0 Å². The summed E-state index contributed by atoms with van der Waals surface area (Å²) in [6, 6.07) is 11.0. The van der Waals surface area contributed by atoms with Gasteiger partial charge in [0, 0.05) is 37.8 Å². The topological polar surface area (TPSA) is 8.17 Å². The number of para-hydroxylation sites is 1. The maximum Gasteiger partial charge on any atom is 0.0797 e. The number of hydrogen-bond acceptors (Lipinski definition) is 1. The average Bonchev–Trinajstić information content (AvgIpc) is 2.90. The van der Waals surface area contributed by atoms with Gasteiger partial charge in [0.05, 0.1) is 27.7 Å². The van der Waals surface area contributed by atoms with Crippen molar-refractivity contribution in [1.82, 2.24) is 9.47 Å². The molecule has 3 heteroatoms. The summed E-state index contributed by atoms with van der Waals surface area (Å²) in [7, 11) is 8.96. The zero-order valence-electron chi connectivity index (χ0n) is 16.2. The molecule has 3 nitrogen and oxygen atoms in total. The first-order chi connectivity index (χ1) is 11.9. The van der Waals surface area contributed by atoms with Crippen LogP contribution in [0.3, 0.4) is 0 Å². The van der Waals surface area contributed by atoms with E-state index >= 15 is 0 Å². The second kappa shape index (κ2) is 7.49. The number of fused-ring (bicyclic) bond motifs is 1. The van der Waals surface area contributed by atoms with Crippen LogP contribution in [0.15, 0.2) is 54.3 Å². The van der Waals surface area contributed by atoms with E-state index in [1.54, 1.807) is 0 Å². The Hall–Kier alpha value is -2.00. The fourth-order valence-electron chi connectivity index (χ4n) is 3.52. The largest absolute Gasteiger partial charge is 0.373 e. The van der Waals surface area contributed by atoms with E-state index in [0.29, 0.717) is 0 Å². The van der Waals surface area contributed by atoms with Gasteiger partial charge in [0.25, 0.3) is 0 Å². The molecule has 0 spiro atoms. The molecular weight excluding hydrogens is 306 g/mol. The highest BCUT2D eigenvalue weighted by Crippen LogP contribution is 2.21. The Kier molecular flexibility index (Phi) is 5.33. The Morgan fingerprint density at radius 1 is 1.08 bits per heavy atom. The van der Waals surface area contributed by atoms with Crippen LogP contribution < -0.4 is 0 Å². The number of hydrogen-bond donors (Lipinski definition) is 0. The molecule has 2 heterocycles. The Labute approximate surface area is 152 Å². The van der Waals surface area contributed by atoms with Gasteiger partial charge in [0.15, 0.2) is 0 Å². The van der Waals surface area contributed by atoms with Crippen molar-refractivity contribution in [2.24, 2.45) is 7.05 Å². The van der Waals surface area contributed by atoms with Crippen molar-refractivity contribution in [1.29, 1.82) is 0 Å². The standard InChI is InChI=1S/C22H32N3/c1-23-21(18-20-8-5-6-9-22(20)23)11-10-19-12-15-24(16-13-19)14-7-17-25(2,3)4/h5-6,8-9,12-13,15,18H,7,10-11,14,16-17H2,1-4H3/q+1. The molecule has 0 amide bonds. The van der Waals surface area contributed by atoms with E-state index in [-0.39, 0.29) is 0 Å². The van der Waals surface area contributed by atoms with Crippen LogP contribution in [0.5, 0.6) is 0 Å². The summed E-state index contributed by atoms with van der Waals surface area (Å²) in [5, 5.41) is 1.34. The number of nitrogens with zero attached hydrogens (tertiary/aromatic N) is 3. The van der Waals surface area contributed by atoms with Gasteiger partial charge in [0.2, 0.25) is 0 Å².